The highest BCUT2D eigenvalue weighted by atomic mass is 79.9. The molecule has 0 fully saturated rings. The third kappa shape index (κ3) is 1.66. The largest absolute Gasteiger partial charge is 0.325 e. The van der Waals surface area contributed by atoms with Gasteiger partial charge < -0.3 is 5.73 Å². The molecule has 0 spiro atoms. The Labute approximate surface area is 88.9 Å². The van der Waals surface area contributed by atoms with Crippen LogP contribution in [-0.2, 0) is 6.54 Å². The first-order chi connectivity index (χ1) is 6.81. The van der Waals surface area contributed by atoms with Gasteiger partial charge in [-0.1, -0.05) is 0 Å². The first kappa shape index (κ1) is 9.29. The summed E-state index contributed by atoms with van der Waals surface area (Å²) < 4.78 is 0.815. The van der Waals surface area contributed by atoms with E-state index < -0.39 is 0 Å². The van der Waals surface area contributed by atoms with Gasteiger partial charge in [0.25, 0.3) is 0 Å². The fraction of sp³-hybridized carbons (Fsp3) is 0.125. The lowest BCUT2D eigenvalue weighted by Gasteiger charge is -1.96. The summed E-state index contributed by atoms with van der Waals surface area (Å²) in [7, 11) is 0. The lowest BCUT2D eigenvalue weighted by atomic mass is 10.3. The van der Waals surface area contributed by atoms with E-state index in [1.807, 2.05) is 6.07 Å². The highest BCUT2D eigenvalue weighted by Crippen LogP contribution is 2.23. The van der Waals surface area contributed by atoms with Crippen molar-refractivity contribution in [1.82, 2.24) is 20.2 Å². The normalized spacial score (nSPS) is 10.4. The van der Waals surface area contributed by atoms with Gasteiger partial charge in [0.05, 0.1) is 4.47 Å². The Balaban J connectivity index is 2.44. The summed E-state index contributed by atoms with van der Waals surface area (Å²) in [4.78, 5) is 7.99. The molecule has 0 saturated heterocycles. The van der Waals surface area contributed by atoms with Gasteiger partial charge in [-0.15, -0.1) is 0 Å². The molecule has 0 unspecified atom stereocenters. The lowest BCUT2D eigenvalue weighted by molar-refractivity contribution is 0.947. The first-order valence-corrected chi connectivity index (χ1v) is 4.81. The average molecular weight is 254 g/mol. The van der Waals surface area contributed by atoms with E-state index in [1.54, 1.807) is 6.20 Å². The summed E-state index contributed by atoms with van der Waals surface area (Å²) in [6.45, 7) is 0.440. The maximum atomic E-state index is 5.46. The molecule has 0 aliphatic rings. The van der Waals surface area contributed by atoms with Crippen molar-refractivity contribution in [3.05, 3.63) is 28.8 Å². The van der Waals surface area contributed by atoms with Gasteiger partial charge in [-0.3, -0.25) is 5.10 Å². The number of hydrogen-bond donors (Lipinski definition) is 2. The van der Waals surface area contributed by atoms with Crippen LogP contribution >= 0.6 is 15.9 Å². The summed E-state index contributed by atoms with van der Waals surface area (Å²) in [5.41, 5.74) is 7.87. The SMILES string of the molecule is NCc1cc(-c2ncncc2Br)n[nH]1. The van der Waals surface area contributed by atoms with E-state index in [0.717, 1.165) is 21.6 Å². The van der Waals surface area contributed by atoms with E-state index >= 15 is 0 Å². The molecule has 14 heavy (non-hydrogen) atoms. The van der Waals surface area contributed by atoms with E-state index in [-0.39, 0.29) is 0 Å². The zero-order valence-electron chi connectivity index (χ0n) is 7.24. The van der Waals surface area contributed by atoms with Crippen LogP contribution in [0, 0.1) is 0 Å². The van der Waals surface area contributed by atoms with Crippen LogP contribution < -0.4 is 5.73 Å². The van der Waals surface area contributed by atoms with Gasteiger partial charge in [0, 0.05) is 18.4 Å². The second kappa shape index (κ2) is 3.85. The van der Waals surface area contributed by atoms with Crippen LogP contribution in [0.5, 0.6) is 0 Å². The standard InChI is InChI=1S/C8H8BrN5/c9-6-3-11-4-12-8(6)7-1-5(2-10)13-14-7/h1,3-4H,2,10H2,(H,13,14). The van der Waals surface area contributed by atoms with E-state index in [9.17, 15) is 0 Å². The molecule has 0 atom stereocenters. The van der Waals surface area contributed by atoms with Gasteiger partial charge in [-0.05, 0) is 22.0 Å². The average Bonchev–Trinajstić information content (AvgIpc) is 2.67. The van der Waals surface area contributed by atoms with Crippen molar-refractivity contribution in [2.75, 3.05) is 0 Å². The molecule has 5 nitrogen and oxygen atoms in total. The number of nitrogens with two attached hydrogens (primary N) is 1. The minimum Gasteiger partial charge on any atom is -0.325 e. The molecule has 0 aliphatic heterocycles. The lowest BCUT2D eigenvalue weighted by Crippen LogP contribution is -1.95. The van der Waals surface area contributed by atoms with E-state index in [0.29, 0.717) is 6.54 Å². The maximum Gasteiger partial charge on any atom is 0.116 e. The Bertz CT molecular complexity index is 439. The highest BCUT2D eigenvalue weighted by Gasteiger charge is 2.07. The smallest absolute Gasteiger partial charge is 0.116 e. The van der Waals surface area contributed by atoms with Crippen LogP contribution in [0.2, 0.25) is 0 Å². The van der Waals surface area contributed by atoms with E-state index in [2.05, 4.69) is 36.1 Å². The van der Waals surface area contributed by atoms with Crippen molar-refractivity contribution in [3.8, 4) is 11.4 Å². The van der Waals surface area contributed by atoms with Crippen molar-refractivity contribution in [3.63, 3.8) is 0 Å². The fourth-order valence-electron chi connectivity index (χ4n) is 1.09. The van der Waals surface area contributed by atoms with Crippen LogP contribution in [0.1, 0.15) is 5.69 Å². The topological polar surface area (TPSA) is 80.5 Å². The van der Waals surface area contributed by atoms with E-state index in [1.165, 1.54) is 6.33 Å². The second-order valence-corrected chi connectivity index (χ2v) is 3.56. The predicted molar refractivity (Wildman–Crippen MR) is 55.2 cm³/mol. The maximum absolute atomic E-state index is 5.46. The Kier molecular flexibility index (Phi) is 2.55. The number of nitrogens with zero attached hydrogens (tertiary/aromatic N) is 3. The quantitative estimate of drug-likeness (QED) is 0.840. The molecule has 72 valence electrons. The molecule has 0 aliphatic carbocycles. The van der Waals surface area contributed by atoms with Crippen molar-refractivity contribution in [1.29, 1.82) is 0 Å². The zero-order chi connectivity index (χ0) is 9.97. The summed E-state index contributed by atoms with van der Waals surface area (Å²) in [5, 5.41) is 6.92. The fourth-order valence-corrected chi connectivity index (χ4v) is 1.51. The number of nitrogens with one attached hydrogen (secondary N) is 1. The Morgan fingerprint density at radius 2 is 2.36 bits per heavy atom. The number of aromatic nitrogens is 4. The Morgan fingerprint density at radius 1 is 1.50 bits per heavy atom. The number of halogens is 1. The molecule has 2 aromatic rings. The molecular formula is C8H8BrN5. The Morgan fingerprint density at radius 3 is 3.00 bits per heavy atom. The summed E-state index contributed by atoms with van der Waals surface area (Å²) >= 11 is 3.35. The van der Waals surface area contributed by atoms with E-state index in [4.69, 9.17) is 5.73 Å². The number of H-pyrrole nitrogens is 1. The summed E-state index contributed by atoms with van der Waals surface area (Å²) in [6, 6.07) is 1.87. The summed E-state index contributed by atoms with van der Waals surface area (Å²) in [5.74, 6) is 0. The third-order valence-corrected chi connectivity index (χ3v) is 2.34. The number of aromatic amines is 1. The van der Waals surface area contributed by atoms with Gasteiger partial charge in [-0.25, -0.2) is 9.97 Å². The minimum absolute atomic E-state index is 0.440. The number of rotatable bonds is 2. The van der Waals surface area contributed by atoms with Crippen molar-refractivity contribution < 1.29 is 0 Å². The van der Waals surface area contributed by atoms with Crippen LogP contribution in [0.3, 0.4) is 0 Å². The number of hydrogen-bond acceptors (Lipinski definition) is 4. The van der Waals surface area contributed by atoms with Gasteiger partial charge >= 0.3 is 0 Å². The molecule has 0 amide bonds. The molecule has 0 bridgehead atoms. The third-order valence-electron chi connectivity index (χ3n) is 1.76. The molecule has 3 N–H and O–H groups in total. The highest BCUT2D eigenvalue weighted by molar-refractivity contribution is 9.10. The molecule has 6 heteroatoms. The minimum atomic E-state index is 0.440. The molecule has 0 aromatic carbocycles. The Hall–Kier alpha value is -1.27. The van der Waals surface area contributed by atoms with Gasteiger partial charge in [0.1, 0.15) is 17.7 Å². The molecular weight excluding hydrogens is 246 g/mol. The van der Waals surface area contributed by atoms with Crippen LogP contribution in [0.25, 0.3) is 11.4 Å². The molecule has 2 heterocycles. The van der Waals surface area contributed by atoms with Gasteiger partial charge in [0.15, 0.2) is 0 Å². The van der Waals surface area contributed by atoms with Crippen molar-refractivity contribution >= 4 is 15.9 Å². The molecule has 0 saturated carbocycles. The molecule has 2 rings (SSSR count). The van der Waals surface area contributed by atoms with Crippen LogP contribution in [0.15, 0.2) is 23.1 Å². The van der Waals surface area contributed by atoms with Crippen molar-refractivity contribution in [2.45, 2.75) is 6.54 Å². The van der Waals surface area contributed by atoms with Crippen molar-refractivity contribution in [2.24, 2.45) is 5.73 Å². The molecule has 2 aromatic heterocycles. The van der Waals surface area contributed by atoms with Gasteiger partial charge in [-0.2, -0.15) is 5.10 Å². The first-order valence-electron chi connectivity index (χ1n) is 4.01. The zero-order valence-corrected chi connectivity index (χ0v) is 8.82. The van der Waals surface area contributed by atoms with Crippen LogP contribution in [-0.4, -0.2) is 20.2 Å². The predicted octanol–water partition coefficient (Wildman–Crippen LogP) is 1.09. The molecule has 0 radical (unpaired) electrons. The monoisotopic (exact) mass is 253 g/mol. The summed E-state index contributed by atoms with van der Waals surface area (Å²) in [6.07, 6.45) is 3.16. The second-order valence-electron chi connectivity index (χ2n) is 2.70. The van der Waals surface area contributed by atoms with Gasteiger partial charge in [0.2, 0.25) is 0 Å². The van der Waals surface area contributed by atoms with Crippen LogP contribution in [0.4, 0.5) is 0 Å².